The number of aryl methyl sites for hydroxylation is 2. The molecule has 1 unspecified atom stereocenters. The molecule has 0 saturated heterocycles. The average molecular weight is 259 g/mol. The summed E-state index contributed by atoms with van der Waals surface area (Å²) in [4.78, 5) is 10.7. The summed E-state index contributed by atoms with van der Waals surface area (Å²) in [5.74, 6) is 0. The highest BCUT2D eigenvalue weighted by Crippen LogP contribution is 2.25. The number of nitrogens with zero attached hydrogens (tertiary/aromatic N) is 1. The van der Waals surface area contributed by atoms with Crippen molar-refractivity contribution in [3.05, 3.63) is 46.8 Å². The molecular weight excluding hydrogens is 242 g/mol. The van der Waals surface area contributed by atoms with Crippen molar-refractivity contribution in [3.8, 4) is 0 Å². The molecule has 1 atom stereocenters. The highest BCUT2D eigenvalue weighted by atomic mass is 16.5. The van der Waals surface area contributed by atoms with Crippen molar-refractivity contribution in [2.24, 2.45) is 0 Å². The van der Waals surface area contributed by atoms with Crippen molar-refractivity contribution in [1.82, 2.24) is 10.2 Å². The molecule has 0 saturated carbocycles. The van der Waals surface area contributed by atoms with Gasteiger partial charge in [-0.3, -0.25) is 9.89 Å². The van der Waals surface area contributed by atoms with Crippen molar-refractivity contribution < 1.29 is 9.53 Å². The summed E-state index contributed by atoms with van der Waals surface area (Å²) < 4.78 is 5.19. The molecule has 19 heavy (non-hydrogen) atoms. The van der Waals surface area contributed by atoms with Crippen LogP contribution in [0.25, 0.3) is 0 Å². The Labute approximate surface area is 111 Å². The van der Waals surface area contributed by atoms with Gasteiger partial charge in [-0.2, -0.15) is 5.10 Å². The fourth-order valence-corrected chi connectivity index (χ4v) is 2.08. The molecule has 0 amide bonds. The van der Waals surface area contributed by atoms with Crippen LogP contribution in [0.15, 0.2) is 24.3 Å². The van der Waals surface area contributed by atoms with Gasteiger partial charge in [0.05, 0.1) is 5.69 Å². The molecule has 1 heterocycles. The zero-order valence-corrected chi connectivity index (χ0v) is 11.0. The van der Waals surface area contributed by atoms with E-state index in [1.807, 2.05) is 26.0 Å². The Balaban J connectivity index is 2.26. The number of anilines is 1. The maximum atomic E-state index is 10.7. The van der Waals surface area contributed by atoms with Gasteiger partial charge in [0, 0.05) is 17.8 Å². The maximum Gasteiger partial charge on any atom is 0.293 e. The number of carbonyl (C=O) groups is 1. The Morgan fingerprint density at radius 2 is 2.05 bits per heavy atom. The summed E-state index contributed by atoms with van der Waals surface area (Å²) in [6.07, 6.45) is 0.268. The first-order chi connectivity index (χ1) is 9.11. The molecule has 0 radical (unpaired) electrons. The van der Waals surface area contributed by atoms with Gasteiger partial charge in [0.2, 0.25) is 0 Å². The molecule has 0 spiro atoms. The van der Waals surface area contributed by atoms with Crippen molar-refractivity contribution in [3.63, 3.8) is 0 Å². The largest absolute Gasteiger partial charge is 0.459 e. The van der Waals surface area contributed by atoms with E-state index in [1.54, 1.807) is 12.1 Å². The highest BCUT2D eigenvalue weighted by molar-refractivity contribution is 5.43. The lowest BCUT2D eigenvalue weighted by molar-refractivity contribution is -0.133. The molecule has 0 aliphatic carbocycles. The summed E-state index contributed by atoms with van der Waals surface area (Å²) in [6, 6.07) is 7.33. The van der Waals surface area contributed by atoms with E-state index >= 15 is 0 Å². The smallest absolute Gasteiger partial charge is 0.293 e. The Hall–Kier alpha value is -2.30. The third kappa shape index (κ3) is 2.93. The standard InChI is InChI=1S/C14H17N3O2/c1-9-13(10(2)17-16-9)7-14(19-8-18)11-3-5-12(15)6-4-11/h3-6,8,14H,7,15H2,1-2H3,(H,16,17). The molecule has 0 fully saturated rings. The average Bonchev–Trinajstić information content (AvgIpc) is 2.71. The van der Waals surface area contributed by atoms with E-state index in [4.69, 9.17) is 10.5 Å². The number of nitrogen functional groups attached to an aromatic ring is 1. The lowest BCUT2D eigenvalue weighted by Gasteiger charge is -2.16. The van der Waals surface area contributed by atoms with Crippen molar-refractivity contribution in [2.75, 3.05) is 5.73 Å². The first kappa shape index (κ1) is 13.1. The van der Waals surface area contributed by atoms with E-state index in [9.17, 15) is 4.79 Å². The van der Waals surface area contributed by atoms with Gasteiger partial charge in [-0.15, -0.1) is 0 Å². The molecule has 0 bridgehead atoms. The number of aromatic amines is 1. The Bertz CT molecular complexity index is 541. The Morgan fingerprint density at radius 1 is 1.37 bits per heavy atom. The number of nitrogens with one attached hydrogen (secondary N) is 1. The number of H-pyrrole nitrogens is 1. The number of nitrogens with two attached hydrogens (primary N) is 1. The van der Waals surface area contributed by atoms with Crippen molar-refractivity contribution >= 4 is 12.2 Å². The second-order valence-corrected chi connectivity index (χ2v) is 4.50. The van der Waals surface area contributed by atoms with Gasteiger partial charge in [0.1, 0.15) is 6.10 Å². The monoisotopic (exact) mass is 259 g/mol. The minimum absolute atomic E-state index is 0.326. The van der Waals surface area contributed by atoms with Gasteiger partial charge < -0.3 is 10.5 Å². The number of hydrogen-bond acceptors (Lipinski definition) is 4. The molecule has 1 aromatic carbocycles. The van der Waals surface area contributed by atoms with Gasteiger partial charge in [0.15, 0.2) is 0 Å². The number of benzene rings is 1. The van der Waals surface area contributed by atoms with E-state index < -0.39 is 0 Å². The third-order valence-electron chi connectivity index (χ3n) is 3.20. The third-order valence-corrected chi connectivity index (χ3v) is 3.20. The molecule has 0 aliphatic heterocycles. The molecule has 3 N–H and O–H groups in total. The molecule has 5 heteroatoms. The van der Waals surface area contributed by atoms with Crippen molar-refractivity contribution in [2.45, 2.75) is 26.4 Å². The van der Waals surface area contributed by atoms with Gasteiger partial charge in [-0.25, -0.2) is 0 Å². The van der Waals surface area contributed by atoms with Crippen LogP contribution in [-0.4, -0.2) is 16.7 Å². The molecule has 1 aromatic heterocycles. The molecule has 2 rings (SSSR count). The van der Waals surface area contributed by atoms with Crippen LogP contribution in [0.4, 0.5) is 5.69 Å². The van der Waals surface area contributed by atoms with Crippen molar-refractivity contribution in [1.29, 1.82) is 0 Å². The molecule has 5 nitrogen and oxygen atoms in total. The molecule has 100 valence electrons. The predicted octanol–water partition coefficient (Wildman–Crippen LogP) is 2.07. The lowest BCUT2D eigenvalue weighted by Crippen LogP contribution is -2.08. The van der Waals surface area contributed by atoms with Gasteiger partial charge in [-0.1, -0.05) is 12.1 Å². The summed E-state index contributed by atoms with van der Waals surface area (Å²) in [5, 5.41) is 7.08. The topological polar surface area (TPSA) is 81.0 Å². The summed E-state index contributed by atoms with van der Waals surface area (Å²) in [7, 11) is 0. The van der Waals surface area contributed by atoms with E-state index in [0.29, 0.717) is 18.6 Å². The minimum Gasteiger partial charge on any atom is -0.459 e. The number of hydrogen-bond donors (Lipinski definition) is 2. The van der Waals surface area contributed by atoms with Crippen LogP contribution in [-0.2, 0) is 16.0 Å². The Morgan fingerprint density at radius 3 is 2.58 bits per heavy atom. The first-order valence-electron chi connectivity index (χ1n) is 6.06. The van der Waals surface area contributed by atoms with E-state index in [2.05, 4.69) is 10.2 Å². The fourth-order valence-electron chi connectivity index (χ4n) is 2.08. The molecule has 0 aliphatic rings. The Kier molecular flexibility index (Phi) is 3.85. The van der Waals surface area contributed by atoms with E-state index in [-0.39, 0.29) is 6.10 Å². The quantitative estimate of drug-likeness (QED) is 0.636. The van der Waals surface area contributed by atoms with Crippen LogP contribution in [0.5, 0.6) is 0 Å². The predicted molar refractivity (Wildman–Crippen MR) is 72.5 cm³/mol. The van der Waals surface area contributed by atoms with Gasteiger partial charge >= 0.3 is 0 Å². The number of carbonyl (C=O) groups excluding carboxylic acids is 1. The molecular formula is C14H17N3O2. The molecule has 2 aromatic rings. The number of ether oxygens (including phenoxy) is 1. The summed E-state index contributed by atoms with van der Waals surface area (Å²) in [6.45, 7) is 4.36. The fraction of sp³-hybridized carbons (Fsp3) is 0.286. The second kappa shape index (κ2) is 5.56. The normalized spacial score (nSPS) is 12.1. The lowest BCUT2D eigenvalue weighted by atomic mass is 10.00. The summed E-state index contributed by atoms with van der Waals surface area (Å²) in [5.41, 5.74) is 10.3. The zero-order valence-electron chi connectivity index (χ0n) is 11.0. The van der Waals surface area contributed by atoms with Crippen LogP contribution in [0.2, 0.25) is 0 Å². The summed E-state index contributed by atoms with van der Waals surface area (Å²) >= 11 is 0. The first-order valence-corrected chi connectivity index (χ1v) is 6.06. The maximum absolute atomic E-state index is 10.7. The minimum atomic E-state index is -0.326. The van der Waals surface area contributed by atoms with Crippen LogP contribution in [0, 0.1) is 13.8 Å². The van der Waals surface area contributed by atoms with E-state index in [1.165, 1.54) is 0 Å². The second-order valence-electron chi connectivity index (χ2n) is 4.50. The number of rotatable bonds is 5. The van der Waals surface area contributed by atoms with Crippen LogP contribution < -0.4 is 5.73 Å². The van der Waals surface area contributed by atoms with Gasteiger partial charge in [0.25, 0.3) is 6.47 Å². The zero-order chi connectivity index (χ0) is 13.8. The van der Waals surface area contributed by atoms with Crippen LogP contribution in [0.1, 0.15) is 28.6 Å². The number of aromatic nitrogens is 2. The van der Waals surface area contributed by atoms with Gasteiger partial charge in [-0.05, 0) is 37.1 Å². The highest BCUT2D eigenvalue weighted by Gasteiger charge is 2.17. The van der Waals surface area contributed by atoms with E-state index in [0.717, 1.165) is 22.5 Å². The van der Waals surface area contributed by atoms with Crippen LogP contribution >= 0.6 is 0 Å². The van der Waals surface area contributed by atoms with Crippen LogP contribution in [0.3, 0.4) is 0 Å². The SMILES string of the molecule is Cc1n[nH]c(C)c1CC(OC=O)c1ccc(N)cc1.